The highest BCUT2D eigenvalue weighted by atomic mass is 16.3. The molecular formula is C21H25N3O2. The summed E-state index contributed by atoms with van der Waals surface area (Å²) in [4.78, 5) is 15.2. The van der Waals surface area contributed by atoms with Gasteiger partial charge in [0.25, 0.3) is 5.91 Å². The van der Waals surface area contributed by atoms with Crippen molar-refractivity contribution in [1.29, 1.82) is 0 Å². The van der Waals surface area contributed by atoms with Gasteiger partial charge in [-0.05, 0) is 50.9 Å². The van der Waals surface area contributed by atoms with Crippen LogP contribution in [0.4, 0.5) is 5.69 Å². The van der Waals surface area contributed by atoms with Crippen LogP contribution in [-0.2, 0) is 4.79 Å². The van der Waals surface area contributed by atoms with Gasteiger partial charge in [-0.2, -0.15) is 0 Å². The Morgan fingerprint density at radius 1 is 1.27 bits per heavy atom. The van der Waals surface area contributed by atoms with Gasteiger partial charge in [-0.25, -0.2) is 0 Å². The van der Waals surface area contributed by atoms with Crippen LogP contribution in [-0.4, -0.2) is 36.0 Å². The zero-order chi connectivity index (χ0) is 18.3. The lowest BCUT2D eigenvalue weighted by Gasteiger charge is -2.36. The Kier molecular flexibility index (Phi) is 4.32. The molecular weight excluding hydrogens is 326 g/mol. The monoisotopic (exact) mass is 351 g/mol. The fourth-order valence-corrected chi connectivity index (χ4v) is 4.36. The number of amides is 1. The molecule has 5 heteroatoms. The van der Waals surface area contributed by atoms with Crippen LogP contribution in [0.5, 0.6) is 0 Å². The first-order valence-corrected chi connectivity index (χ1v) is 9.18. The number of fused-ring (bicyclic) bond motifs is 2. The molecule has 3 heterocycles. The topological polar surface area (TPSA) is 71.5 Å². The summed E-state index contributed by atoms with van der Waals surface area (Å²) in [7, 11) is 2.20. The highest BCUT2D eigenvalue weighted by molar-refractivity contribution is 6.20. The summed E-state index contributed by atoms with van der Waals surface area (Å²) in [5, 5.41) is 3.17. The molecule has 2 aliphatic rings. The van der Waals surface area contributed by atoms with Crippen LogP contribution in [0.1, 0.15) is 31.2 Å². The minimum Gasteiger partial charge on any atom is -0.464 e. The maximum atomic E-state index is 12.7. The van der Waals surface area contributed by atoms with E-state index in [9.17, 15) is 4.79 Å². The summed E-state index contributed by atoms with van der Waals surface area (Å²) in [6.07, 6.45) is 6.11. The van der Waals surface area contributed by atoms with Gasteiger partial charge in [0, 0.05) is 40.5 Å². The first kappa shape index (κ1) is 16.9. The van der Waals surface area contributed by atoms with E-state index in [2.05, 4.69) is 23.8 Å². The van der Waals surface area contributed by atoms with E-state index < -0.39 is 0 Å². The minimum absolute atomic E-state index is 0.128. The number of nitrogens with two attached hydrogens (primary N) is 1. The molecule has 1 amide bonds. The summed E-state index contributed by atoms with van der Waals surface area (Å²) >= 11 is 0. The number of rotatable bonds is 4. The molecule has 2 saturated heterocycles. The second-order valence-corrected chi connectivity index (χ2v) is 7.45. The number of piperidine rings is 1. The van der Waals surface area contributed by atoms with Crippen molar-refractivity contribution in [1.82, 2.24) is 10.2 Å². The smallest absolute Gasteiger partial charge is 0.251 e. The van der Waals surface area contributed by atoms with E-state index in [1.807, 2.05) is 30.3 Å². The number of carbonyl (C=O) groups excluding carboxylic acids is 1. The number of nitrogen functional groups attached to an aromatic ring is 1. The summed E-state index contributed by atoms with van der Waals surface area (Å²) in [6.45, 7) is 3.99. The normalized spacial score (nSPS) is 25.2. The standard InChI is InChI=1S/C21H25N3O2/c1-13(18-8-5-14(10-19(18)22)20-4-3-9-26-20)21(25)23-15-11-16-6-7-17(12-15)24(16)2/h3-5,8-10,15-17H,1,6-7,11-12,22H2,2H3,(H,23,25). The lowest BCUT2D eigenvalue weighted by molar-refractivity contribution is -0.116. The van der Waals surface area contributed by atoms with Gasteiger partial charge < -0.3 is 20.4 Å². The Morgan fingerprint density at radius 3 is 2.62 bits per heavy atom. The second-order valence-electron chi connectivity index (χ2n) is 7.45. The summed E-state index contributed by atoms with van der Waals surface area (Å²) in [6, 6.07) is 10.7. The van der Waals surface area contributed by atoms with Gasteiger partial charge in [-0.3, -0.25) is 4.79 Å². The average Bonchev–Trinajstić information content (AvgIpc) is 3.21. The Hall–Kier alpha value is -2.53. The SMILES string of the molecule is C=C(C(=O)NC1CC2CCC(C1)N2C)c1ccc(-c2ccco2)cc1N. The summed E-state index contributed by atoms with van der Waals surface area (Å²) < 4.78 is 5.40. The molecule has 0 spiro atoms. The zero-order valence-corrected chi connectivity index (χ0v) is 15.1. The molecule has 3 N–H and O–H groups in total. The number of benzene rings is 1. The molecule has 0 aliphatic carbocycles. The van der Waals surface area contributed by atoms with Crippen molar-refractivity contribution in [2.75, 3.05) is 12.8 Å². The van der Waals surface area contributed by atoms with Crippen LogP contribution in [0, 0.1) is 0 Å². The van der Waals surface area contributed by atoms with Crippen molar-refractivity contribution in [2.45, 2.75) is 43.8 Å². The van der Waals surface area contributed by atoms with Gasteiger partial charge >= 0.3 is 0 Å². The van der Waals surface area contributed by atoms with Crippen LogP contribution in [0.25, 0.3) is 16.9 Å². The predicted molar refractivity (Wildman–Crippen MR) is 103 cm³/mol. The van der Waals surface area contributed by atoms with Crippen LogP contribution < -0.4 is 11.1 Å². The third kappa shape index (κ3) is 3.03. The molecule has 5 nitrogen and oxygen atoms in total. The lowest BCUT2D eigenvalue weighted by atomic mass is 9.96. The number of hydrogen-bond acceptors (Lipinski definition) is 4. The summed E-state index contributed by atoms with van der Waals surface area (Å²) in [5.41, 5.74) is 8.69. The van der Waals surface area contributed by atoms with Gasteiger partial charge in [0.15, 0.2) is 0 Å². The lowest BCUT2D eigenvalue weighted by Crippen LogP contribution is -2.48. The average molecular weight is 351 g/mol. The molecule has 0 radical (unpaired) electrons. The molecule has 1 aromatic carbocycles. The molecule has 2 aromatic rings. The maximum absolute atomic E-state index is 12.7. The Labute approximate surface area is 153 Å². The number of nitrogens with zero attached hydrogens (tertiary/aromatic N) is 1. The van der Waals surface area contributed by atoms with Crippen molar-refractivity contribution in [3.8, 4) is 11.3 Å². The van der Waals surface area contributed by atoms with Crippen LogP contribution in [0.2, 0.25) is 0 Å². The third-order valence-corrected chi connectivity index (χ3v) is 5.89. The minimum atomic E-state index is -0.128. The van der Waals surface area contributed by atoms with Crippen molar-refractivity contribution in [3.05, 3.63) is 48.7 Å². The first-order chi connectivity index (χ1) is 12.5. The number of anilines is 1. The van der Waals surface area contributed by atoms with E-state index in [1.165, 1.54) is 12.8 Å². The van der Waals surface area contributed by atoms with E-state index in [1.54, 1.807) is 6.26 Å². The molecule has 0 saturated carbocycles. The van der Waals surface area contributed by atoms with Gasteiger partial charge in [0.1, 0.15) is 5.76 Å². The van der Waals surface area contributed by atoms with Crippen molar-refractivity contribution < 1.29 is 9.21 Å². The molecule has 1 aromatic heterocycles. The summed E-state index contributed by atoms with van der Waals surface area (Å²) in [5.74, 6) is 0.622. The van der Waals surface area contributed by atoms with Crippen LogP contribution in [0.3, 0.4) is 0 Å². The van der Waals surface area contributed by atoms with Gasteiger partial charge in [0.05, 0.1) is 6.26 Å². The molecule has 2 aliphatic heterocycles. The molecule has 2 fully saturated rings. The zero-order valence-electron chi connectivity index (χ0n) is 15.1. The predicted octanol–water partition coefficient (Wildman–Crippen LogP) is 3.28. The quantitative estimate of drug-likeness (QED) is 0.655. The van der Waals surface area contributed by atoms with Gasteiger partial charge in [0.2, 0.25) is 0 Å². The molecule has 2 unspecified atom stereocenters. The van der Waals surface area contributed by atoms with E-state index in [0.717, 1.165) is 24.2 Å². The highest BCUT2D eigenvalue weighted by Gasteiger charge is 2.38. The Balaban J connectivity index is 1.45. The molecule has 26 heavy (non-hydrogen) atoms. The van der Waals surface area contributed by atoms with Crippen molar-refractivity contribution in [3.63, 3.8) is 0 Å². The highest BCUT2D eigenvalue weighted by Crippen LogP contribution is 2.34. The number of nitrogens with one attached hydrogen (secondary N) is 1. The van der Waals surface area contributed by atoms with Gasteiger partial charge in [-0.15, -0.1) is 0 Å². The number of carbonyl (C=O) groups is 1. The van der Waals surface area contributed by atoms with E-state index >= 15 is 0 Å². The second kappa shape index (κ2) is 6.65. The van der Waals surface area contributed by atoms with Crippen molar-refractivity contribution >= 4 is 17.2 Å². The molecule has 2 bridgehead atoms. The Morgan fingerprint density at radius 2 is 2.00 bits per heavy atom. The largest absolute Gasteiger partial charge is 0.464 e. The number of hydrogen-bond donors (Lipinski definition) is 2. The van der Waals surface area contributed by atoms with E-state index in [0.29, 0.717) is 28.9 Å². The van der Waals surface area contributed by atoms with Crippen LogP contribution in [0.15, 0.2) is 47.6 Å². The third-order valence-electron chi connectivity index (χ3n) is 5.89. The van der Waals surface area contributed by atoms with Gasteiger partial charge in [-0.1, -0.05) is 18.7 Å². The Bertz CT molecular complexity index is 814. The number of furan rings is 1. The fraction of sp³-hybridized carbons (Fsp3) is 0.381. The maximum Gasteiger partial charge on any atom is 0.251 e. The molecule has 4 rings (SSSR count). The van der Waals surface area contributed by atoms with E-state index in [4.69, 9.17) is 10.2 Å². The first-order valence-electron chi connectivity index (χ1n) is 9.18. The van der Waals surface area contributed by atoms with E-state index in [-0.39, 0.29) is 11.9 Å². The molecule has 2 atom stereocenters. The van der Waals surface area contributed by atoms with Crippen molar-refractivity contribution in [2.24, 2.45) is 0 Å². The molecule has 136 valence electrons. The van der Waals surface area contributed by atoms with Crippen LogP contribution >= 0.6 is 0 Å². The fourth-order valence-electron chi connectivity index (χ4n) is 4.36.